The number of hydrogen-bond donors (Lipinski definition) is 1. The average molecular weight is 356 g/mol. The van der Waals surface area contributed by atoms with Gasteiger partial charge in [0, 0.05) is 42.2 Å². The number of fused-ring (bicyclic) bond motifs is 1. The van der Waals surface area contributed by atoms with Gasteiger partial charge in [-0.05, 0) is 36.4 Å². The highest BCUT2D eigenvalue weighted by Gasteiger charge is 2.11. The lowest BCUT2D eigenvalue weighted by molar-refractivity contribution is 0.0699. The Hall–Kier alpha value is -3.80. The number of hydrogen-bond acceptors (Lipinski definition) is 4. The lowest BCUT2D eigenvalue weighted by atomic mass is 10.1. The number of nitrogens with zero attached hydrogens (tertiary/aromatic N) is 4. The number of carboxylic acid groups (broad SMARTS) is 1. The first-order valence-corrected chi connectivity index (χ1v) is 8.37. The molecule has 0 atom stereocenters. The zero-order valence-corrected chi connectivity index (χ0v) is 14.6. The van der Waals surface area contributed by atoms with Gasteiger partial charge in [0.15, 0.2) is 0 Å². The first-order chi connectivity index (χ1) is 13.1. The van der Waals surface area contributed by atoms with E-state index in [2.05, 4.69) is 15.1 Å². The fourth-order valence-electron chi connectivity index (χ4n) is 3.00. The van der Waals surface area contributed by atoms with Gasteiger partial charge in [-0.1, -0.05) is 18.2 Å². The van der Waals surface area contributed by atoms with Gasteiger partial charge in [0.1, 0.15) is 0 Å². The number of aromatic carboxylic acids is 1. The van der Waals surface area contributed by atoms with Crippen LogP contribution in [0.1, 0.15) is 21.6 Å². The first-order valence-electron chi connectivity index (χ1n) is 8.37. The standard InChI is InChI=1S/C21H16N4O2/c1-25-13-15(20(24-25)14-8-10-22-11-9-14)6-7-16-12-18(21(26)27)17-4-2-3-5-19(17)23-16/h2-13H,1H3,(H,26,27)/b7-6+. The van der Waals surface area contributed by atoms with Gasteiger partial charge in [0.25, 0.3) is 0 Å². The monoisotopic (exact) mass is 356 g/mol. The molecule has 0 spiro atoms. The number of pyridine rings is 2. The number of aryl methyl sites for hydroxylation is 1. The van der Waals surface area contributed by atoms with E-state index < -0.39 is 5.97 Å². The van der Waals surface area contributed by atoms with Gasteiger partial charge in [-0.15, -0.1) is 0 Å². The summed E-state index contributed by atoms with van der Waals surface area (Å²) in [7, 11) is 1.86. The molecule has 0 saturated carbocycles. The molecule has 0 amide bonds. The van der Waals surface area contributed by atoms with Crippen molar-refractivity contribution < 1.29 is 9.90 Å². The molecule has 0 aliphatic carbocycles. The summed E-state index contributed by atoms with van der Waals surface area (Å²) >= 11 is 0. The van der Waals surface area contributed by atoms with Crippen molar-refractivity contribution in [3.8, 4) is 11.3 Å². The van der Waals surface area contributed by atoms with E-state index in [9.17, 15) is 9.90 Å². The molecule has 6 heteroatoms. The number of carboxylic acids is 1. The van der Waals surface area contributed by atoms with Crippen molar-refractivity contribution in [2.24, 2.45) is 7.05 Å². The van der Waals surface area contributed by atoms with Gasteiger partial charge < -0.3 is 5.11 Å². The molecule has 6 nitrogen and oxygen atoms in total. The number of para-hydroxylation sites is 1. The average Bonchev–Trinajstić information content (AvgIpc) is 3.07. The Morgan fingerprint density at radius 2 is 1.89 bits per heavy atom. The van der Waals surface area contributed by atoms with Crippen LogP contribution in [0.2, 0.25) is 0 Å². The molecule has 3 heterocycles. The highest BCUT2D eigenvalue weighted by molar-refractivity contribution is 6.03. The van der Waals surface area contributed by atoms with E-state index in [1.54, 1.807) is 35.3 Å². The summed E-state index contributed by atoms with van der Waals surface area (Å²) in [6.45, 7) is 0. The maximum atomic E-state index is 11.6. The van der Waals surface area contributed by atoms with Crippen molar-refractivity contribution in [1.29, 1.82) is 0 Å². The van der Waals surface area contributed by atoms with Gasteiger partial charge >= 0.3 is 5.97 Å². The zero-order valence-electron chi connectivity index (χ0n) is 14.6. The second-order valence-electron chi connectivity index (χ2n) is 6.09. The third-order valence-electron chi connectivity index (χ3n) is 4.21. The highest BCUT2D eigenvalue weighted by atomic mass is 16.4. The Morgan fingerprint density at radius 1 is 1.11 bits per heavy atom. The largest absolute Gasteiger partial charge is 0.478 e. The fraction of sp³-hybridized carbons (Fsp3) is 0.0476. The summed E-state index contributed by atoms with van der Waals surface area (Å²) < 4.78 is 1.74. The summed E-state index contributed by atoms with van der Waals surface area (Å²) in [5.41, 5.74) is 4.17. The second kappa shape index (κ2) is 6.84. The minimum atomic E-state index is -0.970. The van der Waals surface area contributed by atoms with E-state index >= 15 is 0 Å². The van der Waals surface area contributed by atoms with Gasteiger partial charge in [-0.25, -0.2) is 9.78 Å². The van der Waals surface area contributed by atoms with Crippen LogP contribution >= 0.6 is 0 Å². The minimum absolute atomic E-state index is 0.237. The molecule has 3 aromatic heterocycles. The second-order valence-corrected chi connectivity index (χ2v) is 6.09. The quantitative estimate of drug-likeness (QED) is 0.600. The molecule has 0 radical (unpaired) electrons. The molecular formula is C21H16N4O2. The molecule has 4 rings (SSSR count). The summed E-state index contributed by atoms with van der Waals surface area (Å²) in [6, 6.07) is 12.6. The van der Waals surface area contributed by atoms with Gasteiger partial charge in [-0.3, -0.25) is 9.67 Å². The molecule has 0 aliphatic heterocycles. The smallest absolute Gasteiger partial charge is 0.336 e. The molecular weight excluding hydrogens is 340 g/mol. The van der Waals surface area contributed by atoms with E-state index in [4.69, 9.17) is 0 Å². The maximum Gasteiger partial charge on any atom is 0.336 e. The molecule has 132 valence electrons. The Kier molecular flexibility index (Phi) is 4.22. The van der Waals surface area contributed by atoms with Crippen molar-refractivity contribution in [2.75, 3.05) is 0 Å². The molecule has 0 unspecified atom stereocenters. The van der Waals surface area contributed by atoms with Crippen molar-refractivity contribution >= 4 is 29.0 Å². The summed E-state index contributed by atoms with van der Waals surface area (Å²) in [4.78, 5) is 20.2. The lowest BCUT2D eigenvalue weighted by Gasteiger charge is -2.04. The predicted octanol–water partition coefficient (Wildman–Crippen LogP) is 3.90. The fourth-order valence-corrected chi connectivity index (χ4v) is 3.00. The van der Waals surface area contributed by atoms with Crippen LogP contribution in [0.4, 0.5) is 0 Å². The molecule has 0 bridgehead atoms. The third kappa shape index (κ3) is 3.32. The molecule has 27 heavy (non-hydrogen) atoms. The minimum Gasteiger partial charge on any atom is -0.478 e. The Morgan fingerprint density at radius 3 is 2.67 bits per heavy atom. The van der Waals surface area contributed by atoms with Crippen molar-refractivity contribution in [3.05, 3.63) is 77.9 Å². The number of carbonyl (C=O) groups is 1. The third-order valence-corrected chi connectivity index (χ3v) is 4.21. The molecule has 1 aromatic carbocycles. The van der Waals surface area contributed by atoms with E-state index in [0.717, 1.165) is 16.8 Å². The van der Waals surface area contributed by atoms with E-state index in [1.807, 2.05) is 49.7 Å². The first kappa shape index (κ1) is 16.7. The normalized spacial score (nSPS) is 11.3. The van der Waals surface area contributed by atoms with Crippen LogP contribution in [0.25, 0.3) is 34.3 Å². The molecule has 1 N–H and O–H groups in total. The van der Waals surface area contributed by atoms with E-state index in [0.29, 0.717) is 16.6 Å². The highest BCUT2D eigenvalue weighted by Crippen LogP contribution is 2.24. The number of aromatic nitrogens is 4. The van der Waals surface area contributed by atoms with Crippen molar-refractivity contribution in [1.82, 2.24) is 19.7 Å². The van der Waals surface area contributed by atoms with Crippen LogP contribution in [-0.4, -0.2) is 30.8 Å². The maximum absolute atomic E-state index is 11.6. The van der Waals surface area contributed by atoms with Gasteiger partial charge in [0.05, 0.1) is 22.5 Å². The number of rotatable bonds is 4. The lowest BCUT2D eigenvalue weighted by Crippen LogP contribution is -2.00. The Balaban J connectivity index is 1.77. The predicted molar refractivity (Wildman–Crippen MR) is 104 cm³/mol. The van der Waals surface area contributed by atoms with Crippen LogP contribution < -0.4 is 0 Å². The number of benzene rings is 1. The molecule has 4 aromatic rings. The van der Waals surface area contributed by atoms with Gasteiger partial charge in [0.2, 0.25) is 0 Å². The summed E-state index contributed by atoms with van der Waals surface area (Å²) in [5, 5.41) is 14.7. The van der Waals surface area contributed by atoms with Crippen LogP contribution in [0, 0.1) is 0 Å². The van der Waals surface area contributed by atoms with Crippen molar-refractivity contribution in [2.45, 2.75) is 0 Å². The van der Waals surface area contributed by atoms with Gasteiger partial charge in [-0.2, -0.15) is 5.10 Å². The van der Waals surface area contributed by atoms with Crippen LogP contribution in [0.3, 0.4) is 0 Å². The topological polar surface area (TPSA) is 80.9 Å². The van der Waals surface area contributed by atoms with E-state index in [-0.39, 0.29) is 5.56 Å². The van der Waals surface area contributed by atoms with Crippen LogP contribution in [0.15, 0.2) is 61.1 Å². The molecule has 0 saturated heterocycles. The van der Waals surface area contributed by atoms with E-state index in [1.165, 1.54) is 0 Å². The Bertz CT molecular complexity index is 1160. The van der Waals surface area contributed by atoms with Crippen LogP contribution in [0.5, 0.6) is 0 Å². The molecule has 0 aliphatic rings. The SMILES string of the molecule is Cn1cc(/C=C/c2cc(C(=O)O)c3ccccc3n2)c(-c2ccncc2)n1. The summed E-state index contributed by atoms with van der Waals surface area (Å²) in [5.74, 6) is -0.970. The Labute approximate surface area is 155 Å². The van der Waals surface area contributed by atoms with Crippen molar-refractivity contribution in [3.63, 3.8) is 0 Å². The zero-order chi connectivity index (χ0) is 18.8. The summed E-state index contributed by atoms with van der Waals surface area (Å²) in [6.07, 6.45) is 9.06. The molecule has 0 fully saturated rings. The van der Waals surface area contributed by atoms with Crippen LogP contribution in [-0.2, 0) is 7.05 Å².